The first-order chi connectivity index (χ1) is 23.3. The average molecular weight is 700 g/mol. The fourth-order valence-corrected chi connectivity index (χ4v) is 5.67. The van der Waals surface area contributed by atoms with Crippen LogP contribution in [0.3, 0.4) is 0 Å². The molecule has 0 saturated heterocycles. The lowest BCUT2D eigenvalue weighted by atomic mass is 10.1. The number of esters is 1. The van der Waals surface area contributed by atoms with Crippen LogP contribution in [0.1, 0.15) is 162 Å². The van der Waals surface area contributed by atoms with Crippen molar-refractivity contribution in [3.05, 3.63) is 36.5 Å². The van der Waals surface area contributed by atoms with E-state index in [0.717, 1.165) is 64.2 Å². The molecule has 0 aliphatic carbocycles. The lowest BCUT2D eigenvalue weighted by molar-refractivity contribution is -0.147. The summed E-state index contributed by atoms with van der Waals surface area (Å²) >= 11 is 0. The second kappa shape index (κ2) is 35.1. The van der Waals surface area contributed by atoms with Crippen LogP contribution in [-0.2, 0) is 27.9 Å². The molecule has 0 aliphatic rings. The molecule has 2 unspecified atom stereocenters. The molecule has 0 spiro atoms. The Kier molecular flexibility index (Phi) is 33.8. The molecule has 48 heavy (non-hydrogen) atoms. The number of phosphoric acid groups is 1. The lowest BCUT2D eigenvalue weighted by Gasteiger charge is -2.15. The molecule has 1 amide bonds. The Morgan fingerprint density at radius 3 is 1.73 bits per heavy atom. The molecule has 0 bridgehead atoms. The normalized spacial score (nSPS) is 13.8. The molecule has 0 rings (SSSR count). The quantitative estimate of drug-likeness (QED) is 0.0258. The third kappa shape index (κ3) is 35.5. The second-order valence-corrected chi connectivity index (χ2v) is 14.0. The molecule has 0 saturated carbocycles. The van der Waals surface area contributed by atoms with E-state index in [4.69, 9.17) is 13.8 Å². The highest BCUT2D eigenvalue weighted by Gasteiger charge is 2.23. The van der Waals surface area contributed by atoms with E-state index < -0.39 is 26.5 Å². The second-order valence-electron chi connectivity index (χ2n) is 12.6. The first kappa shape index (κ1) is 46.2. The number of aliphatic hydroxyl groups excluding tert-OH is 1. The van der Waals surface area contributed by atoms with Crippen molar-refractivity contribution in [2.75, 3.05) is 26.4 Å². The minimum absolute atomic E-state index is 0.0745. The van der Waals surface area contributed by atoms with Gasteiger partial charge >= 0.3 is 13.8 Å². The molecule has 2 atom stereocenters. The topological polar surface area (TPSA) is 131 Å². The zero-order chi connectivity index (χ0) is 35.4. The standard InChI is InChI=1S/C38H70NO8P/c1-3-5-7-9-11-13-14-15-16-17-18-19-20-21-22-23-24-26-28-30-37(41)39-32-33-46-48(43,44)47-35-36(40)34-45-38(42)31-29-27-25-12-10-8-6-4-2/h11,13,15-16,18-19,36,40H,3-10,12,14,17,20-35H2,1-2H3,(H,39,41)(H,43,44)/b13-11-,16-15-,19-18-. The molecule has 10 heteroatoms. The van der Waals surface area contributed by atoms with Gasteiger partial charge in [0.1, 0.15) is 12.7 Å². The third-order valence-electron chi connectivity index (χ3n) is 7.82. The molecule has 9 nitrogen and oxygen atoms in total. The van der Waals surface area contributed by atoms with Crippen LogP contribution in [0.4, 0.5) is 0 Å². The van der Waals surface area contributed by atoms with E-state index in [0.29, 0.717) is 6.42 Å². The van der Waals surface area contributed by atoms with Gasteiger partial charge in [-0.15, -0.1) is 0 Å². The molecule has 0 fully saturated rings. The van der Waals surface area contributed by atoms with Gasteiger partial charge in [-0.25, -0.2) is 4.57 Å². The maximum absolute atomic E-state index is 12.0. The van der Waals surface area contributed by atoms with Crippen molar-refractivity contribution in [3.8, 4) is 0 Å². The lowest BCUT2D eigenvalue weighted by Crippen LogP contribution is -2.27. The van der Waals surface area contributed by atoms with Crippen LogP contribution >= 0.6 is 7.82 Å². The van der Waals surface area contributed by atoms with Crippen LogP contribution < -0.4 is 5.32 Å². The number of ether oxygens (including phenoxy) is 1. The van der Waals surface area contributed by atoms with Gasteiger partial charge in [-0.3, -0.25) is 18.6 Å². The van der Waals surface area contributed by atoms with Crippen LogP contribution in [0.2, 0.25) is 0 Å². The van der Waals surface area contributed by atoms with Gasteiger partial charge in [0.05, 0.1) is 13.2 Å². The molecule has 280 valence electrons. The number of unbranched alkanes of at least 4 members (excludes halogenated alkanes) is 16. The molecular weight excluding hydrogens is 629 g/mol. The van der Waals surface area contributed by atoms with Crippen LogP contribution in [0, 0.1) is 0 Å². The molecule has 0 aromatic heterocycles. The first-order valence-corrected chi connectivity index (χ1v) is 20.5. The van der Waals surface area contributed by atoms with Gasteiger partial charge in [0, 0.05) is 19.4 Å². The van der Waals surface area contributed by atoms with Crippen LogP contribution in [0.15, 0.2) is 36.5 Å². The smallest absolute Gasteiger partial charge is 0.463 e. The molecule has 0 aromatic rings. The summed E-state index contributed by atoms with van der Waals surface area (Å²) < 4.78 is 26.7. The Morgan fingerprint density at radius 1 is 0.646 bits per heavy atom. The van der Waals surface area contributed by atoms with Crippen molar-refractivity contribution in [1.29, 1.82) is 0 Å². The van der Waals surface area contributed by atoms with E-state index in [1.807, 2.05) is 0 Å². The summed E-state index contributed by atoms with van der Waals surface area (Å²) in [6.07, 6.45) is 36.6. The van der Waals surface area contributed by atoms with Crippen LogP contribution in [0.5, 0.6) is 0 Å². The van der Waals surface area contributed by atoms with Gasteiger partial charge < -0.3 is 20.1 Å². The minimum Gasteiger partial charge on any atom is -0.463 e. The van der Waals surface area contributed by atoms with Crippen LogP contribution in [0.25, 0.3) is 0 Å². The average Bonchev–Trinajstić information content (AvgIpc) is 3.07. The molecule has 0 heterocycles. The minimum atomic E-state index is -4.41. The number of hydrogen-bond acceptors (Lipinski definition) is 7. The molecular formula is C38H70NO8P. The molecule has 3 N–H and O–H groups in total. The third-order valence-corrected chi connectivity index (χ3v) is 8.81. The van der Waals surface area contributed by atoms with E-state index in [-0.39, 0.29) is 32.1 Å². The first-order valence-electron chi connectivity index (χ1n) is 19.0. The van der Waals surface area contributed by atoms with Crippen molar-refractivity contribution in [3.63, 3.8) is 0 Å². The zero-order valence-electron chi connectivity index (χ0n) is 30.4. The summed E-state index contributed by atoms with van der Waals surface area (Å²) in [6, 6.07) is 0. The fraction of sp³-hybridized carbons (Fsp3) is 0.789. The Balaban J connectivity index is 3.64. The SMILES string of the molecule is CCCCC/C=C\C/C=C\C/C=C\CCCCCCCCC(=O)NCCOP(=O)(O)OCC(O)COC(=O)CCCCCCCCCC. The number of amides is 1. The summed E-state index contributed by atoms with van der Waals surface area (Å²) in [5.74, 6) is -0.535. The maximum atomic E-state index is 12.0. The van der Waals surface area contributed by atoms with E-state index in [9.17, 15) is 24.2 Å². The monoisotopic (exact) mass is 699 g/mol. The van der Waals surface area contributed by atoms with Crippen LogP contribution in [-0.4, -0.2) is 54.3 Å². The largest absolute Gasteiger partial charge is 0.472 e. The number of phosphoric ester groups is 1. The highest BCUT2D eigenvalue weighted by molar-refractivity contribution is 7.47. The van der Waals surface area contributed by atoms with E-state index in [2.05, 4.69) is 55.6 Å². The van der Waals surface area contributed by atoms with Gasteiger partial charge in [-0.05, 0) is 51.4 Å². The zero-order valence-corrected chi connectivity index (χ0v) is 31.3. The number of carbonyl (C=O) groups excluding carboxylic acids is 2. The van der Waals surface area contributed by atoms with Gasteiger partial charge in [-0.2, -0.15) is 0 Å². The summed E-state index contributed by atoms with van der Waals surface area (Å²) in [4.78, 5) is 33.6. The van der Waals surface area contributed by atoms with Gasteiger partial charge in [0.2, 0.25) is 5.91 Å². The summed E-state index contributed by atoms with van der Waals surface area (Å²) in [5.41, 5.74) is 0. The van der Waals surface area contributed by atoms with Crippen molar-refractivity contribution in [2.45, 2.75) is 168 Å². The number of aliphatic hydroxyl groups is 1. The Hall–Kier alpha value is -1.77. The summed E-state index contributed by atoms with van der Waals surface area (Å²) in [7, 11) is -4.41. The van der Waals surface area contributed by atoms with Gasteiger partial charge in [0.25, 0.3) is 0 Å². The number of nitrogens with one attached hydrogen (secondary N) is 1. The molecule has 0 aliphatic heterocycles. The van der Waals surface area contributed by atoms with E-state index >= 15 is 0 Å². The van der Waals surface area contributed by atoms with Crippen molar-refractivity contribution in [2.24, 2.45) is 0 Å². The highest BCUT2D eigenvalue weighted by atomic mass is 31.2. The number of carbonyl (C=O) groups is 2. The molecule has 0 aromatic carbocycles. The number of rotatable bonds is 35. The summed E-state index contributed by atoms with van der Waals surface area (Å²) in [5, 5.41) is 12.6. The van der Waals surface area contributed by atoms with Crippen molar-refractivity contribution >= 4 is 19.7 Å². The molecule has 0 radical (unpaired) electrons. The van der Waals surface area contributed by atoms with Crippen molar-refractivity contribution < 1.29 is 37.9 Å². The predicted octanol–water partition coefficient (Wildman–Crippen LogP) is 9.82. The summed E-state index contributed by atoms with van der Waals surface area (Å²) in [6.45, 7) is 3.45. The predicted molar refractivity (Wildman–Crippen MR) is 197 cm³/mol. The van der Waals surface area contributed by atoms with Crippen molar-refractivity contribution in [1.82, 2.24) is 5.32 Å². The van der Waals surface area contributed by atoms with E-state index in [1.165, 1.54) is 70.6 Å². The fourth-order valence-electron chi connectivity index (χ4n) is 4.91. The highest BCUT2D eigenvalue weighted by Crippen LogP contribution is 2.42. The van der Waals surface area contributed by atoms with Gasteiger partial charge in [0.15, 0.2) is 0 Å². The Morgan fingerprint density at radius 2 is 1.12 bits per heavy atom. The Bertz CT molecular complexity index is 892. The Labute approximate surface area is 293 Å². The van der Waals surface area contributed by atoms with E-state index in [1.54, 1.807) is 0 Å². The maximum Gasteiger partial charge on any atom is 0.472 e. The number of hydrogen-bond donors (Lipinski definition) is 3. The number of allylic oxidation sites excluding steroid dienone is 6. The van der Waals surface area contributed by atoms with Gasteiger partial charge in [-0.1, -0.05) is 134 Å².